The largest absolute Gasteiger partial charge is 0.453 e. The van der Waals surface area contributed by atoms with Gasteiger partial charge in [0.25, 0.3) is 0 Å². The Bertz CT molecular complexity index is 2690. The van der Waals surface area contributed by atoms with Crippen LogP contribution in [-0.4, -0.2) is 204 Å². The average molecular weight is 1310 g/mol. The lowest BCUT2D eigenvalue weighted by molar-refractivity contribution is -0.159. The van der Waals surface area contributed by atoms with Crippen molar-refractivity contribution in [3.63, 3.8) is 0 Å². The lowest BCUT2D eigenvalue weighted by Crippen LogP contribution is -2.64. The van der Waals surface area contributed by atoms with E-state index >= 15 is 4.79 Å². The molecule has 33 heteroatoms. The molecule has 1 aromatic carbocycles. The van der Waals surface area contributed by atoms with Crippen LogP contribution in [0.2, 0.25) is 25.7 Å². The molecule has 1 fully saturated rings. The Labute approximate surface area is 531 Å². The van der Waals surface area contributed by atoms with Gasteiger partial charge in [-0.25, -0.2) is 4.79 Å². The number of carbonyl (C=O) groups is 12. The number of nitrogens with zero attached hydrogens (tertiary/aromatic N) is 1. The first kappa shape index (κ1) is 79.2. The Balaban J connectivity index is 3.14. The molecule has 1 aliphatic heterocycles. The minimum atomic E-state index is -2.57. The summed E-state index contributed by atoms with van der Waals surface area (Å²) in [7, 11) is -1.98. The van der Waals surface area contributed by atoms with Crippen molar-refractivity contribution < 1.29 is 82.7 Å². The van der Waals surface area contributed by atoms with E-state index < -0.39 is 189 Å². The molecule has 0 saturated carbocycles. The van der Waals surface area contributed by atoms with Crippen LogP contribution in [0.4, 0.5) is 0 Å². The summed E-state index contributed by atoms with van der Waals surface area (Å²) in [5.41, 5.74) is 22.7. The lowest BCUT2D eigenvalue weighted by atomic mass is 9.95. The molecule has 22 N–H and O–H groups in total. The predicted octanol–water partition coefficient (Wildman–Crippen LogP) is -5.14. The number of primary amides is 1. The van der Waals surface area contributed by atoms with Crippen molar-refractivity contribution in [2.75, 3.05) is 19.7 Å². The van der Waals surface area contributed by atoms with Crippen LogP contribution in [-0.2, 0) is 62.3 Å². The molecule has 1 aromatic rings. The van der Waals surface area contributed by atoms with Crippen molar-refractivity contribution >= 4 is 85.0 Å². The van der Waals surface area contributed by atoms with Crippen LogP contribution in [0.25, 0.3) is 0 Å². The van der Waals surface area contributed by atoms with Crippen LogP contribution >= 0.6 is 0 Å². The van der Waals surface area contributed by atoms with Gasteiger partial charge in [0.2, 0.25) is 65.0 Å². The molecule has 0 radical (unpaired) electrons. The highest BCUT2D eigenvalue weighted by molar-refractivity contribution is 6.76. The van der Waals surface area contributed by atoms with Gasteiger partial charge in [-0.1, -0.05) is 112 Å². The molecule has 15 atom stereocenters. The zero-order chi connectivity index (χ0) is 69.4. The average Bonchev–Trinajstić information content (AvgIpc) is 1.09. The summed E-state index contributed by atoms with van der Waals surface area (Å²) in [6.07, 6.45) is -8.23. The molecule has 2 unspecified atom stereocenters. The van der Waals surface area contributed by atoms with Gasteiger partial charge in [0.05, 0.1) is 31.4 Å². The van der Waals surface area contributed by atoms with Crippen molar-refractivity contribution in [3.05, 3.63) is 35.9 Å². The topological polar surface area (TPSA) is 532 Å². The van der Waals surface area contributed by atoms with Gasteiger partial charge in [0, 0.05) is 14.6 Å². The molecule has 91 heavy (non-hydrogen) atoms. The predicted molar refractivity (Wildman–Crippen MR) is 335 cm³/mol. The van der Waals surface area contributed by atoms with E-state index in [0.717, 1.165) is 6.92 Å². The number of amides is 11. The maximum Gasteiger partial charge on any atom is 0.331 e. The quantitative estimate of drug-likeness (QED) is 0.0160. The minimum Gasteiger partial charge on any atom is -0.453 e. The van der Waals surface area contributed by atoms with Crippen molar-refractivity contribution in [2.45, 2.75) is 205 Å². The summed E-state index contributed by atoms with van der Waals surface area (Å²) in [5.74, 6) is -17.1. The second-order valence-corrected chi connectivity index (χ2v) is 30.7. The number of carbonyl (C=O) groups excluding carboxylic acids is 12. The van der Waals surface area contributed by atoms with Crippen LogP contribution in [0.3, 0.4) is 0 Å². The Morgan fingerprint density at radius 2 is 1.23 bits per heavy atom. The van der Waals surface area contributed by atoms with Crippen molar-refractivity contribution in [2.24, 2.45) is 51.6 Å². The molecule has 512 valence electrons. The van der Waals surface area contributed by atoms with Gasteiger partial charge in [-0.05, 0) is 67.9 Å². The Kier molecular flexibility index (Phi) is 32.6. The number of benzene rings is 1. The van der Waals surface area contributed by atoms with Gasteiger partial charge in [0.1, 0.15) is 48.3 Å². The maximum atomic E-state index is 15.4. The van der Waals surface area contributed by atoms with Crippen molar-refractivity contribution in [1.82, 2.24) is 53.2 Å². The molecular weight excluding hydrogens is 1210 g/mol. The van der Waals surface area contributed by atoms with E-state index in [-0.39, 0.29) is 62.0 Å². The van der Waals surface area contributed by atoms with Crippen molar-refractivity contribution in [3.8, 4) is 0 Å². The zero-order valence-electron chi connectivity index (χ0n) is 54.0. The Morgan fingerprint density at radius 1 is 0.681 bits per heavy atom. The van der Waals surface area contributed by atoms with E-state index in [2.05, 4.69) is 47.5 Å². The second kappa shape index (κ2) is 37.5. The van der Waals surface area contributed by atoms with E-state index in [1.807, 2.05) is 30.3 Å². The molecule has 32 nitrogen and oxygen atoms in total. The smallest absolute Gasteiger partial charge is 0.331 e. The number of aliphatic hydroxyl groups excluding tert-OH is 4. The summed E-state index contributed by atoms with van der Waals surface area (Å²) in [5, 5.41) is 68.2. The molecule has 1 aliphatic rings. The Morgan fingerprint density at radius 3 is 1.76 bits per heavy atom. The highest BCUT2D eigenvalue weighted by Gasteiger charge is 2.44. The van der Waals surface area contributed by atoms with E-state index in [1.165, 1.54) is 44.2 Å². The number of nitrogens with one attached hydrogen (secondary N) is 10. The number of aliphatic imine (C=N–C) groups is 1. The van der Waals surface area contributed by atoms with Gasteiger partial charge in [-0.15, -0.1) is 0 Å². The fourth-order valence-corrected chi connectivity index (χ4v) is 10.9. The van der Waals surface area contributed by atoms with E-state index in [4.69, 9.17) is 27.7 Å². The SMILES string of the molecule is CC[C@H](C)C1NC(=O)[C@@H](CCCN=C(N)N)NC(=O)[C@H](CC(C)C)NC(=O)[C@H]([C@H](O)C(C)C)NC(=O)[C@@H](NC(=O)[C@H](CC(C)C)NC(=O)[C@@H](N)C[Si](C)(C)C)[C@@H](c2ccccc2)OC(=O)[C@H](CO)NC(=O)[C@H]([C@H](O)C(N)=O)NC(=O)CNC(=O)C([C@H](C)O)NC1=O. The number of hydrogen-bond donors (Lipinski definition) is 18. The van der Waals surface area contributed by atoms with Gasteiger partial charge in [-0.2, -0.15) is 0 Å². The van der Waals surface area contributed by atoms with Crippen LogP contribution in [0, 0.1) is 23.7 Å². The van der Waals surface area contributed by atoms with Gasteiger partial charge in [-0.3, -0.25) is 57.7 Å². The number of ether oxygens (including phenoxy) is 1. The maximum absolute atomic E-state index is 15.4. The molecule has 11 amide bonds. The lowest BCUT2D eigenvalue weighted by Gasteiger charge is -2.34. The molecule has 1 saturated heterocycles. The molecule has 0 bridgehead atoms. The first-order valence-corrected chi connectivity index (χ1v) is 34.1. The van der Waals surface area contributed by atoms with Crippen LogP contribution in [0.5, 0.6) is 0 Å². The van der Waals surface area contributed by atoms with Gasteiger partial charge >= 0.3 is 5.97 Å². The molecule has 1 heterocycles. The number of hydrogen-bond acceptors (Lipinski definition) is 19. The summed E-state index contributed by atoms with van der Waals surface area (Å²) < 4.78 is 5.94. The minimum absolute atomic E-state index is 0.0471. The molecule has 0 aromatic heterocycles. The summed E-state index contributed by atoms with van der Waals surface area (Å²) in [4.78, 5) is 174. The standard InChI is InChI=1S/C58H99N15O17Si/c1-13-30(8)39-53(85)71-40(31(9)75)52(84)64-24-38(76)69-42(45(78)47(60)79)55(87)68-37(25-74)57(89)90-46(32-18-15-14-16-19-32)43(73-51(83)36(23-28(4)5)66-48(80)33(59)26-91(10,11)12)56(88)72-41(44(77)29(6)7)54(86)67-35(22-27(2)3)50(82)65-34(49(81)70-39)20-17-21-63-58(61)62/h14-16,18-19,27-31,33-37,39-46,74-75,77-78H,13,17,20-26,59H2,1-12H3,(H2,60,79)(H,64,84)(H,65,82)(H,66,80)(H,67,86)(H,68,87)(H,69,76)(H,70,81)(H,71,85)(H,72,88)(H,73,83)(H4,61,62,63)/t30-,31-,33-,34+,35-,36-,37-,39?,40?,41-,42-,43-,44+,45-,46+/m0/s1. The third-order valence-corrected chi connectivity index (χ3v) is 16.2. The number of cyclic esters (lactones) is 1. The molecule has 0 aliphatic carbocycles. The second-order valence-electron chi connectivity index (χ2n) is 25.2. The summed E-state index contributed by atoms with van der Waals surface area (Å²) in [6.45, 7) is 17.7. The molecule has 2 rings (SSSR count). The van der Waals surface area contributed by atoms with Crippen LogP contribution in [0.1, 0.15) is 106 Å². The third-order valence-electron chi connectivity index (χ3n) is 14.6. The zero-order valence-corrected chi connectivity index (χ0v) is 55.0. The highest BCUT2D eigenvalue weighted by atomic mass is 28.3. The number of nitrogens with two attached hydrogens (primary N) is 4. The third kappa shape index (κ3) is 26.5. The number of rotatable bonds is 23. The number of esters is 1. The Hall–Kier alpha value is -7.85. The number of aliphatic hydroxyl groups is 4. The van der Waals surface area contributed by atoms with Gasteiger partial charge in [0.15, 0.2) is 24.2 Å². The monoisotopic (exact) mass is 1310 g/mol. The summed E-state index contributed by atoms with van der Waals surface area (Å²) >= 11 is 0. The van der Waals surface area contributed by atoms with Gasteiger partial charge < -0.3 is 101 Å². The summed E-state index contributed by atoms with van der Waals surface area (Å²) in [6, 6.07) is -10.4. The first-order valence-electron chi connectivity index (χ1n) is 30.3. The normalized spacial score (nSPS) is 24.7. The molecular formula is C58H99N15O17Si. The fourth-order valence-electron chi connectivity index (χ4n) is 9.39. The fraction of sp³-hybridized carbons (Fsp3) is 0.672. The van der Waals surface area contributed by atoms with Crippen molar-refractivity contribution in [1.29, 1.82) is 0 Å². The van der Waals surface area contributed by atoms with E-state index in [0.29, 0.717) is 6.04 Å². The number of guanidine groups is 1. The highest BCUT2D eigenvalue weighted by Crippen LogP contribution is 2.25. The van der Waals surface area contributed by atoms with Crippen LogP contribution in [0.15, 0.2) is 35.3 Å². The first-order chi connectivity index (χ1) is 42.3. The van der Waals surface area contributed by atoms with Crippen LogP contribution < -0.4 is 76.1 Å². The van der Waals surface area contributed by atoms with E-state index in [1.54, 1.807) is 41.5 Å². The van der Waals surface area contributed by atoms with E-state index in [9.17, 15) is 73.2 Å². The molecule has 0 spiro atoms.